The van der Waals surface area contributed by atoms with Crippen molar-refractivity contribution in [1.82, 2.24) is 15.2 Å². The van der Waals surface area contributed by atoms with Crippen LogP contribution in [0.5, 0.6) is 0 Å². The van der Waals surface area contributed by atoms with Crippen molar-refractivity contribution in [2.75, 3.05) is 18.8 Å². The lowest BCUT2D eigenvalue weighted by atomic mass is 10.0. The molecule has 2 atom stereocenters. The van der Waals surface area contributed by atoms with Crippen molar-refractivity contribution in [1.29, 1.82) is 0 Å². The number of carboxylic acid groups (broad SMARTS) is 1. The van der Waals surface area contributed by atoms with Crippen LogP contribution in [0.25, 0.3) is 10.9 Å². The van der Waals surface area contributed by atoms with Crippen molar-refractivity contribution in [3.63, 3.8) is 0 Å². The molecule has 2 aromatic rings. The molecule has 2 heterocycles. The molecule has 5 N–H and O–H groups in total. The number of carboxylic acids is 1. The Labute approximate surface area is 161 Å². The van der Waals surface area contributed by atoms with E-state index in [0.717, 1.165) is 32.4 Å². The van der Waals surface area contributed by atoms with Crippen molar-refractivity contribution < 1.29 is 14.3 Å². The lowest BCUT2D eigenvalue weighted by Crippen LogP contribution is -2.41. The number of nitrogen functional groups attached to an aromatic ring is 1. The lowest BCUT2D eigenvalue weighted by Gasteiger charge is -2.24. The number of nitrogens with zero attached hydrogens (tertiary/aromatic N) is 1. The zero-order valence-electron chi connectivity index (χ0n) is 15.8. The monoisotopic (exact) mass is 388 g/mol. The number of rotatable bonds is 5. The van der Waals surface area contributed by atoms with E-state index in [4.69, 9.17) is 5.73 Å². The van der Waals surface area contributed by atoms with E-state index in [9.17, 15) is 14.7 Å². The van der Waals surface area contributed by atoms with Gasteiger partial charge in [0, 0.05) is 30.7 Å². The minimum atomic E-state index is -1.34. The Hall–Kier alpha value is -2.45. The number of hydrogen-bond acceptors (Lipinski definition) is 5. The van der Waals surface area contributed by atoms with Crippen molar-refractivity contribution in [2.45, 2.75) is 50.7 Å². The number of pyridine rings is 1. The van der Waals surface area contributed by atoms with Gasteiger partial charge in [-0.2, -0.15) is 0 Å². The number of carbonyl (C=O) groups is 1. The highest BCUT2D eigenvalue weighted by Crippen LogP contribution is 2.44. The number of aryl methyl sites for hydroxylation is 1. The molecule has 1 aliphatic carbocycles. The minimum absolute atomic E-state index is 0.0149. The summed E-state index contributed by atoms with van der Waals surface area (Å²) in [5, 5.41) is 16.2. The number of hydrogen-bond donors (Lipinski definition) is 4. The minimum Gasteiger partial charge on any atom is -0.477 e. The molecule has 150 valence electrons. The number of anilines is 1. The van der Waals surface area contributed by atoms with Crippen LogP contribution in [-0.2, 0) is 6.54 Å². The number of nitrogens with one attached hydrogen (secondary N) is 2. The van der Waals surface area contributed by atoms with Gasteiger partial charge in [-0.1, -0.05) is 0 Å². The SMILES string of the molecule is CCn1cc(C(=O)O)c(=O)c2c(N)c(F)c([C@H]3C[C@@H]3NC3CCNCC3)cc21. The van der Waals surface area contributed by atoms with E-state index in [1.54, 1.807) is 10.6 Å². The van der Waals surface area contributed by atoms with Gasteiger partial charge in [-0.15, -0.1) is 0 Å². The molecule has 0 radical (unpaired) electrons. The number of nitrogens with two attached hydrogens (primary N) is 1. The van der Waals surface area contributed by atoms with E-state index in [1.165, 1.54) is 6.20 Å². The van der Waals surface area contributed by atoms with Gasteiger partial charge in [0.2, 0.25) is 5.43 Å². The van der Waals surface area contributed by atoms with E-state index in [2.05, 4.69) is 10.6 Å². The fourth-order valence-electron chi connectivity index (χ4n) is 4.27. The Morgan fingerprint density at radius 2 is 2.14 bits per heavy atom. The Balaban J connectivity index is 1.73. The second-order valence-electron chi connectivity index (χ2n) is 7.69. The van der Waals surface area contributed by atoms with Gasteiger partial charge in [0.15, 0.2) is 5.82 Å². The van der Waals surface area contributed by atoms with Crippen molar-refractivity contribution >= 4 is 22.6 Å². The fraction of sp³-hybridized carbons (Fsp3) is 0.500. The molecule has 8 heteroatoms. The molecule has 2 fully saturated rings. The van der Waals surface area contributed by atoms with Crippen LogP contribution >= 0.6 is 0 Å². The van der Waals surface area contributed by atoms with Crippen LogP contribution in [0.3, 0.4) is 0 Å². The van der Waals surface area contributed by atoms with Gasteiger partial charge in [0.25, 0.3) is 0 Å². The third-order valence-electron chi connectivity index (χ3n) is 5.92. The predicted octanol–water partition coefficient (Wildman–Crippen LogP) is 1.64. The highest BCUT2D eigenvalue weighted by molar-refractivity contribution is 5.97. The molecular weight excluding hydrogens is 363 g/mol. The van der Waals surface area contributed by atoms with Crippen LogP contribution in [0, 0.1) is 5.82 Å². The zero-order valence-corrected chi connectivity index (χ0v) is 15.8. The molecule has 28 heavy (non-hydrogen) atoms. The number of fused-ring (bicyclic) bond motifs is 1. The molecule has 1 aromatic heterocycles. The van der Waals surface area contributed by atoms with E-state index >= 15 is 4.39 Å². The van der Waals surface area contributed by atoms with Crippen LogP contribution in [0.4, 0.5) is 10.1 Å². The summed E-state index contributed by atoms with van der Waals surface area (Å²) in [6, 6.07) is 2.31. The number of aromatic carboxylic acids is 1. The number of halogens is 1. The molecule has 0 spiro atoms. The maximum absolute atomic E-state index is 15.1. The zero-order chi connectivity index (χ0) is 20.0. The van der Waals surface area contributed by atoms with Crippen LogP contribution in [-0.4, -0.2) is 40.8 Å². The summed E-state index contributed by atoms with van der Waals surface area (Å²) in [5.41, 5.74) is 5.59. The second kappa shape index (κ2) is 7.18. The largest absolute Gasteiger partial charge is 0.477 e. The topological polar surface area (TPSA) is 109 Å². The van der Waals surface area contributed by atoms with E-state index in [0.29, 0.717) is 23.7 Å². The van der Waals surface area contributed by atoms with Gasteiger partial charge in [-0.05, 0) is 50.9 Å². The summed E-state index contributed by atoms with van der Waals surface area (Å²) in [5.74, 6) is -1.93. The molecule has 1 saturated carbocycles. The molecule has 7 nitrogen and oxygen atoms in total. The maximum atomic E-state index is 15.1. The normalized spacial score (nSPS) is 22.5. The van der Waals surface area contributed by atoms with E-state index < -0.39 is 22.8 Å². The van der Waals surface area contributed by atoms with Crippen LogP contribution in [0.15, 0.2) is 17.1 Å². The van der Waals surface area contributed by atoms with Crippen molar-refractivity contribution in [3.8, 4) is 0 Å². The third kappa shape index (κ3) is 3.16. The fourth-order valence-corrected chi connectivity index (χ4v) is 4.27. The van der Waals surface area contributed by atoms with Crippen LogP contribution in [0.1, 0.15) is 48.0 Å². The van der Waals surface area contributed by atoms with Gasteiger partial charge in [-0.3, -0.25) is 4.79 Å². The van der Waals surface area contributed by atoms with E-state index in [1.807, 2.05) is 6.92 Å². The number of piperidine rings is 1. The third-order valence-corrected chi connectivity index (χ3v) is 5.92. The average Bonchev–Trinajstić information content (AvgIpc) is 3.43. The highest BCUT2D eigenvalue weighted by Gasteiger charge is 2.42. The Morgan fingerprint density at radius 1 is 1.43 bits per heavy atom. The van der Waals surface area contributed by atoms with Gasteiger partial charge < -0.3 is 26.0 Å². The van der Waals surface area contributed by atoms with Crippen molar-refractivity contribution in [3.05, 3.63) is 39.4 Å². The van der Waals surface area contributed by atoms with Gasteiger partial charge in [0.1, 0.15) is 5.56 Å². The second-order valence-corrected chi connectivity index (χ2v) is 7.69. The predicted molar refractivity (Wildman–Crippen MR) is 105 cm³/mol. The average molecular weight is 388 g/mol. The first kappa shape index (κ1) is 18.9. The summed E-state index contributed by atoms with van der Waals surface area (Å²) >= 11 is 0. The molecule has 1 aromatic carbocycles. The Bertz CT molecular complexity index is 997. The molecule has 4 rings (SSSR count). The number of benzene rings is 1. The van der Waals surface area contributed by atoms with Crippen molar-refractivity contribution in [2.24, 2.45) is 0 Å². The summed E-state index contributed by atoms with van der Waals surface area (Å²) < 4.78 is 16.7. The van der Waals surface area contributed by atoms with Gasteiger partial charge in [0.05, 0.1) is 16.6 Å². The first-order valence-electron chi connectivity index (χ1n) is 9.77. The molecular formula is C20H25FN4O3. The quantitative estimate of drug-likeness (QED) is 0.580. The van der Waals surface area contributed by atoms with Crippen LogP contribution < -0.4 is 21.8 Å². The number of aromatic nitrogens is 1. The smallest absolute Gasteiger partial charge is 0.341 e. The maximum Gasteiger partial charge on any atom is 0.341 e. The lowest BCUT2D eigenvalue weighted by molar-refractivity contribution is 0.0695. The molecule has 0 amide bonds. The van der Waals surface area contributed by atoms with Gasteiger partial charge >= 0.3 is 5.97 Å². The summed E-state index contributed by atoms with van der Waals surface area (Å²) in [7, 11) is 0. The molecule has 0 bridgehead atoms. The first-order valence-corrected chi connectivity index (χ1v) is 9.77. The summed E-state index contributed by atoms with van der Waals surface area (Å²) in [6.45, 7) is 4.26. The molecule has 0 unspecified atom stereocenters. The summed E-state index contributed by atoms with van der Waals surface area (Å²) in [6.07, 6.45) is 4.25. The first-order chi connectivity index (χ1) is 13.4. The van der Waals surface area contributed by atoms with Crippen LogP contribution in [0.2, 0.25) is 0 Å². The Morgan fingerprint density at radius 3 is 2.79 bits per heavy atom. The van der Waals surface area contributed by atoms with Gasteiger partial charge in [-0.25, -0.2) is 9.18 Å². The molecule has 2 aliphatic rings. The van der Waals surface area contributed by atoms with E-state index in [-0.39, 0.29) is 23.0 Å². The molecule has 1 aliphatic heterocycles. The summed E-state index contributed by atoms with van der Waals surface area (Å²) in [4.78, 5) is 24.0. The standard InChI is InChI=1S/C20H25FN4O3/c1-2-25-9-13(20(27)28)19(26)16-15(25)8-12(17(21)18(16)22)11-7-14(11)24-10-3-5-23-6-4-10/h8-11,14,23-24H,2-7,22H2,1H3,(H,27,28)/t11-,14+/m1/s1. The highest BCUT2D eigenvalue weighted by atomic mass is 19.1. The molecule has 1 saturated heterocycles. The Kier molecular flexibility index (Phi) is 4.84.